The van der Waals surface area contributed by atoms with E-state index in [-0.39, 0.29) is 5.82 Å². The van der Waals surface area contributed by atoms with Crippen LogP contribution in [0.25, 0.3) is 0 Å². The van der Waals surface area contributed by atoms with E-state index in [9.17, 15) is 17.6 Å². The number of benzene rings is 3. The fraction of sp³-hybridized carbons (Fsp3) is 0.250. The van der Waals surface area contributed by atoms with Crippen LogP contribution in [0.15, 0.2) is 71.2 Å². The predicted molar refractivity (Wildman–Crippen MR) is 120 cm³/mol. The highest BCUT2D eigenvalue weighted by Crippen LogP contribution is 2.41. The quantitative estimate of drug-likeness (QED) is 0.256. The van der Waals surface area contributed by atoms with E-state index < -0.39 is 11.7 Å². The van der Waals surface area contributed by atoms with Gasteiger partial charge in [-0.2, -0.15) is 13.2 Å². The normalized spacial score (nSPS) is 13.4. The first-order valence-electron chi connectivity index (χ1n) is 10.1. The minimum Gasteiger partial charge on any atom is -0.494 e. The molecule has 0 bridgehead atoms. The van der Waals surface area contributed by atoms with Crippen molar-refractivity contribution in [3.05, 3.63) is 88.1 Å². The molecule has 0 radical (unpaired) electrons. The van der Waals surface area contributed by atoms with Gasteiger partial charge in [-0.05, 0) is 66.6 Å². The zero-order chi connectivity index (χ0) is 22.7. The van der Waals surface area contributed by atoms with E-state index in [1.54, 1.807) is 18.2 Å². The Labute approximate surface area is 192 Å². The van der Waals surface area contributed by atoms with Crippen molar-refractivity contribution in [1.82, 2.24) is 0 Å². The molecule has 32 heavy (non-hydrogen) atoms. The average Bonchev–Trinajstić information content (AvgIpc) is 3.10. The summed E-state index contributed by atoms with van der Waals surface area (Å²) in [6, 6.07) is 17.5. The molecule has 1 aliphatic rings. The average molecular weight is 509 g/mol. The molecule has 0 atom stereocenters. The monoisotopic (exact) mass is 508 g/mol. The predicted octanol–water partition coefficient (Wildman–Crippen LogP) is 6.86. The van der Waals surface area contributed by atoms with Crippen LogP contribution in [0.5, 0.6) is 5.75 Å². The van der Waals surface area contributed by atoms with Gasteiger partial charge in [-0.3, -0.25) is 0 Å². The van der Waals surface area contributed by atoms with E-state index in [2.05, 4.69) is 20.8 Å². The van der Waals surface area contributed by atoms with Crippen LogP contribution >= 0.6 is 15.9 Å². The van der Waals surface area contributed by atoms with Crippen molar-refractivity contribution in [3.63, 3.8) is 0 Å². The molecule has 0 aliphatic carbocycles. The van der Waals surface area contributed by atoms with Gasteiger partial charge in [-0.15, -0.1) is 0 Å². The molecular formula is C24H21BrF4N2O. The second-order valence-corrected chi connectivity index (χ2v) is 8.50. The number of hydrogen-bond acceptors (Lipinski definition) is 3. The Morgan fingerprint density at radius 1 is 0.875 bits per heavy atom. The van der Waals surface area contributed by atoms with Crippen molar-refractivity contribution in [2.45, 2.75) is 19.1 Å². The van der Waals surface area contributed by atoms with Gasteiger partial charge >= 0.3 is 6.18 Å². The smallest absolute Gasteiger partial charge is 0.416 e. The molecule has 3 nitrogen and oxygen atoms in total. The number of fused-ring (bicyclic) bond motifs is 1. The molecule has 168 valence electrons. The summed E-state index contributed by atoms with van der Waals surface area (Å²) in [6.45, 7) is 1.99. The molecular weight excluding hydrogens is 488 g/mol. The van der Waals surface area contributed by atoms with E-state index >= 15 is 0 Å². The van der Waals surface area contributed by atoms with Crippen LogP contribution in [-0.4, -0.2) is 19.8 Å². The molecule has 1 heterocycles. The summed E-state index contributed by atoms with van der Waals surface area (Å²) in [5.74, 6) is 0.224. The molecule has 0 aromatic heterocycles. The van der Waals surface area contributed by atoms with E-state index in [4.69, 9.17) is 4.74 Å². The number of rotatable bonds is 7. The maximum atomic E-state index is 13.3. The van der Waals surface area contributed by atoms with Crippen LogP contribution in [0.1, 0.15) is 17.5 Å². The first kappa shape index (κ1) is 22.5. The van der Waals surface area contributed by atoms with Crippen molar-refractivity contribution in [2.75, 3.05) is 29.6 Å². The third kappa shape index (κ3) is 5.35. The molecule has 4 rings (SSSR count). The van der Waals surface area contributed by atoms with Crippen molar-refractivity contribution in [2.24, 2.45) is 0 Å². The first-order chi connectivity index (χ1) is 15.3. The lowest BCUT2D eigenvalue weighted by Gasteiger charge is -2.22. The maximum Gasteiger partial charge on any atom is 0.416 e. The van der Waals surface area contributed by atoms with Gasteiger partial charge in [0.15, 0.2) is 0 Å². The van der Waals surface area contributed by atoms with E-state index in [1.807, 2.05) is 29.2 Å². The first-order valence-corrected chi connectivity index (χ1v) is 10.9. The van der Waals surface area contributed by atoms with Crippen LogP contribution in [-0.2, 0) is 12.7 Å². The molecule has 0 fully saturated rings. The maximum absolute atomic E-state index is 13.3. The molecule has 8 heteroatoms. The summed E-state index contributed by atoms with van der Waals surface area (Å²) in [6.07, 6.45) is -3.79. The van der Waals surface area contributed by atoms with Crippen LogP contribution in [0.4, 0.5) is 28.9 Å². The number of alkyl halides is 3. The van der Waals surface area contributed by atoms with Crippen molar-refractivity contribution in [1.29, 1.82) is 0 Å². The molecule has 0 saturated carbocycles. The van der Waals surface area contributed by atoms with Gasteiger partial charge in [0.05, 0.1) is 30.2 Å². The number of ether oxygens (including phenoxy) is 1. The number of nitrogens with zero attached hydrogens (tertiary/aromatic N) is 2. The molecule has 0 spiro atoms. The van der Waals surface area contributed by atoms with E-state index in [1.165, 1.54) is 18.2 Å². The molecule has 3 aromatic carbocycles. The largest absolute Gasteiger partial charge is 0.494 e. The van der Waals surface area contributed by atoms with Gasteiger partial charge < -0.3 is 14.5 Å². The summed E-state index contributed by atoms with van der Waals surface area (Å²) < 4.78 is 59.5. The highest BCUT2D eigenvalue weighted by atomic mass is 79.9. The summed E-state index contributed by atoms with van der Waals surface area (Å²) in [7, 11) is 0. The Balaban J connectivity index is 1.46. The minimum atomic E-state index is -4.40. The molecule has 1 aliphatic heterocycles. The SMILES string of the molecule is Fc1ccc(OCCCN2CN(Cc3ccc(Br)cc3)c3ccc(C(F)(F)F)cc32)cc1. The highest BCUT2D eigenvalue weighted by molar-refractivity contribution is 9.10. The van der Waals surface area contributed by atoms with Gasteiger partial charge in [0.25, 0.3) is 0 Å². The highest BCUT2D eigenvalue weighted by Gasteiger charge is 2.34. The molecule has 3 aromatic rings. The second kappa shape index (κ2) is 9.40. The van der Waals surface area contributed by atoms with Gasteiger partial charge in [-0.1, -0.05) is 28.1 Å². The molecule has 0 unspecified atom stereocenters. The van der Waals surface area contributed by atoms with Crippen LogP contribution in [0.2, 0.25) is 0 Å². The number of hydrogen-bond donors (Lipinski definition) is 0. The lowest BCUT2D eigenvalue weighted by atomic mass is 10.1. The standard InChI is InChI=1S/C24H21BrF4N2O/c25-19-5-2-17(3-6-19)15-31-16-30(12-1-13-32-21-9-7-20(26)8-10-21)23-14-18(24(27,28)29)4-11-22(23)31/h2-11,14H,1,12-13,15-16H2. The molecule has 0 saturated heterocycles. The molecule has 0 N–H and O–H groups in total. The summed E-state index contributed by atoms with van der Waals surface area (Å²) >= 11 is 3.42. The summed E-state index contributed by atoms with van der Waals surface area (Å²) in [5.41, 5.74) is 1.76. The van der Waals surface area contributed by atoms with Crippen molar-refractivity contribution >= 4 is 27.3 Å². The van der Waals surface area contributed by atoms with Crippen molar-refractivity contribution in [3.8, 4) is 5.75 Å². The summed E-state index contributed by atoms with van der Waals surface area (Å²) in [4.78, 5) is 4.01. The van der Waals surface area contributed by atoms with Gasteiger partial charge in [-0.25, -0.2) is 4.39 Å². The van der Waals surface area contributed by atoms with Gasteiger partial charge in [0, 0.05) is 17.6 Å². The fourth-order valence-electron chi connectivity index (χ4n) is 3.69. The Bertz CT molecular complexity index is 1060. The fourth-order valence-corrected chi connectivity index (χ4v) is 3.96. The third-order valence-electron chi connectivity index (χ3n) is 5.27. The Morgan fingerprint density at radius 3 is 2.28 bits per heavy atom. The molecule has 0 amide bonds. The Kier molecular flexibility index (Phi) is 6.60. The topological polar surface area (TPSA) is 15.7 Å². The minimum absolute atomic E-state index is 0.336. The van der Waals surface area contributed by atoms with Gasteiger partial charge in [0.1, 0.15) is 11.6 Å². The zero-order valence-corrected chi connectivity index (χ0v) is 18.7. The lowest BCUT2D eigenvalue weighted by molar-refractivity contribution is -0.137. The third-order valence-corrected chi connectivity index (χ3v) is 5.80. The lowest BCUT2D eigenvalue weighted by Crippen LogP contribution is -2.31. The van der Waals surface area contributed by atoms with Crippen molar-refractivity contribution < 1.29 is 22.3 Å². The summed E-state index contributed by atoms with van der Waals surface area (Å²) in [5, 5.41) is 0. The number of anilines is 2. The van der Waals surface area contributed by atoms with Crippen LogP contribution < -0.4 is 14.5 Å². The van der Waals surface area contributed by atoms with E-state index in [0.717, 1.165) is 21.8 Å². The zero-order valence-electron chi connectivity index (χ0n) is 17.1. The Hall–Kier alpha value is -2.74. The second-order valence-electron chi connectivity index (χ2n) is 7.59. The van der Waals surface area contributed by atoms with Crippen LogP contribution in [0, 0.1) is 5.82 Å². The Morgan fingerprint density at radius 2 is 1.59 bits per heavy atom. The number of halogens is 5. The van der Waals surface area contributed by atoms with E-state index in [0.29, 0.717) is 44.2 Å². The van der Waals surface area contributed by atoms with Gasteiger partial charge in [0.2, 0.25) is 0 Å². The van der Waals surface area contributed by atoms with Crippen LogP contribution in [0.3, 0.4) is 0 Å².